The molecule has 2 nitrogen and oxygen atoms in total. The molecule has 110 valence electrons. The van der Waals surface area contributed by atoms with Gasteiger partial charge in [-0.15, -0.1) is 0 Å². The summed E-state index contributed by atoms with van der Waals surface area (Å²) in [6, 6.07) is 12.0. The predicted molar refractivity (Wildman–Crippen MR) is 83.1 cm³/mol. The van der Waals surface area contributed by atoms with Gasteiger partial charge in [-0.25, -0.2) is 4.39 Å². The lowest BCUT2D eigenvalue weighted by molar-refractivity contribution is 0.386. The van der Waals surface area contributed by atoms with Gasteiger partial charge in [0.1, 0.15) is 0 Å². The first-order valence-corrected chi connectivity index (χ1v) is 7.37. The molecule has 0 saturated carbocycles. The fraction of sp³-hybridized carbons (Fsp3) is 0.333. The molecular formula is C18H20FNO. The van der Waals surface area contributed by atoms with Crippen LogP contribution >= 0.6 is 0 Å². The van der Waals surface area contributed by atoms with E-state index in [4.69, 9.17) is 4.74 Å². The molecule has 0 radical (unpaired) electrons. The highest BCUT2D eigenvalue weighted by Gasteiger charge is 2.19. The van der Waals surface area contributed by atoms with Crippen LogP contribution in [0, 0.1) is 5.82 Å². The second kappa shape index (κ2) is 5.86. The van der Waals surface area contributed by atoms with Gasteiger partial charge in [0.25, 0.3) is 0 Å². The summed E-state index contributed by atoms with van der Waals surface area (Å²) in [5, 5.41) is 3.37. The molecule has 1 N–H and O–H groups in total. The van der Waals surface area contributed by atoms with Gasteiger partial charge in [-0.05, 0) is 66.8 Å². The van der Waals surface area contributed by atoms with E-state index in [9.17, 15) is 4.39 Å². The Morgan fingerprint density at radius 3 is 2.62 bits per heavy atom. The zero-order valence-corrected chi connectivity index (χ0v) is 12.4. The highest BCUT2D eigenvalue weighted by Crippen LogP contribution is 2.34. The molecule has 1 unspecified atom stereocenters. The van der Waals surface area contributed by atoms with Gasteiger partial charge < -0.3 is 10.1 Å². The summed E-state index contributed by atoms with van der Waals surface area (Å²) in [5.41, 5.74) is 4.68. The minimum absolute atomic E-state index is 0.282. The fourth-order valence-corrected chi connectivity index (χ4v) is 3.12. The molecule has 1 aliphatic carbocycles. The van der Waals surface area contributed by atoms with Crippen LogP contribution in [-0.2, 0) is 6.42 Å². The SMILES string of the molecule is CNC1CCCc2ccc(-c3ccc(OC)c(F)c3)cc21. The van der Waals surface area contributed by atoms with Crippen LogP contribution in [-0.4, -0.2) is 14.2 Å². The number of ether oxygens (including phenoxy) is 1. The van der Waals surface area contributed by atoms with Gasteiger partial charge in [-0.1, -0.05) is 18.2 Å². The Morgan fingerprint density at radius 2 is 1.90 bits per heavy atom. The number of nitrogens with one attached hydrogen (secondary N) is 1. The Balaban J connectivity index is 2.01. The van der Waals surface area contributed by atoms with Gasteiger partial charge in [0.2, 0.25) is 0 Å². The first-order valence-electron chi connectivity index (χ1n) is 7.37. The van der Waals surface area contributed by atoms with Crippen molar-refractivity contribution in [3.05, 3.63) is 53.3 Å². The standard InChI is InChI=1S/C18H20FNO/c1-20-17-5-3-4-12-6-7-13(10-15(12)17)14-8-9-18(21-2)16(19)11-14/h6-11,17,20H,3-5H2,1-2H3. The maximum absolute atomic E-state index is 13.9. The molecule has 1 aliphatic rings. The zero-order chi connectivity index (χ0) is 14.8. The summed E-state index contributed by atoms with van der Waals surface area (Å²) in [5.74, 6) is -0.0392. The molecule has 0 aromatic heterocycles. The molecule has 0 spiro atoms. The Labute approximate surface area is 125 Å². The molecule has 2 aromatic rings. The van der Waals surface area contributed by atoms with Crippen LogP contribution in [0.2, 0.25) is 0 Å². The van der Waals surface area contributed by atoms with Crippen molar-refractivity contribution >= 4 is 0 Å². The average Bonchev–Trinajstić information content (AvgIpc) is 2.53. The maximum Gasteiger partial charge on any atom is 0.165 e. The monoisotopic (exact) mass is 285 g/mol. The highest BCUT2D eigenvalue weighted by atomic mass is 19.1. The lowest BCUT2D eigenvalue weighted by Crippen LogP contribution is -2.21. The van der Waals surface area contributed by atoms with Crippen molar-refractivity contribution in [1.29, 1.82) is 0 Å². The Kier molecular flexibility index (Phi) is 3.93. The third-order valence-corrected chi connectivity index (χ3v) is 4.29. The summed E-state index contributed by atoms with van der Waals surface area (Å²) in [6.07, 6.45) is 3.50. The van der Waals surface area contributed by atoms with Crippen LogP contribution in [0.3, 0.4) is 0 Å². The van der Waals surface area contributed by atoms with Crippen LogP contribution < -0.4 is 10.1 Å². The summed E-state index contributed by atoms with van der Waals surface area (Å²) in [4.78, 5) is 0. The number of hydrogen-bond acceptors (Lipinski definition) is 2. The van der Waals surface area contributed by atoms with Gasteiger partial charge in [0, 0.05) is 6.04 Å². The van der Waals surface area contributed by atoms with E-state index in [1.165, 1.54) is 30.7 Å². The van der Waals surface area contributed by atoms with Crippen molar-refractivity contribution in [2.24, 2.45) is 0 Å². The normalized spacial score (nSPS) is 17.4. The van der Waals surface area contributed by atoms with E-state index < -0.39 is 0 Å². The van der Waals surface area contributed by atoms with E-state index in [2.05, 4.69) is 23.5 Å². The summed E-state index contributed by atoms with van der Waals surface area (Å²) < 4.78 is 18.9. The topological polar surface area (TPSA) is 21.3 Å². The minimum Gasteiger partial charge on any atom is -0.494 e. The summed E-state index contributed by atoms with van der Waals surface area (Å²) in [6.45, 7) is 0. The molecule has 0 bridgehead atoms. The molecule has 0 saturated heterocycles. The first-order chi connectivity index (χ1) is 10.2. The lowest BCUT2D eigenvalue weighted by atomic mass is 9.85. The Hall–Kier alpha value is -1.87. The van der Waals surface area contributed by atoms with Crippen LogP contribution in [0.15, 0.2) is 36.4 Å². The molecule has 0 heterocycles. The van der Waals surface area contributed by atoms with E-state index in [1.807, 2.05) is 13.1 Å². The Morgan fingerprint density at radius 1 is 1.14 bits per heavy atom. The number of aryl methyl sites for hydroxylation is 1. The summed E-state index contributed by atoms with van der Waals surface area (Å²) in [7, 11) is 3.48. The second-order valence-corrected chi connectivity index (χ2v) is 5.50. The Bertz CT molecular complexity index is 654. The minimum atomic E-state index is -0.321. The molecule has 0 amide bonds. The van der Waals surface area contributed by atoms with Gasteiger partial charge in [-0.3, -0.25) is 0 Å². The number of rotatable bonds is 3. The van der Waals surface area contributed by atoms with Crippen LogP contribution in [0.1, 0.15) is 30.0 Å². The molecule has 0 fully saturated rings. The van der Waals surface area contributed by atoms with Gasteiger partial charge in [0.05, 0.1) is 7.11 Å². The fourth-order valence-electron chi connectivity index (χ4n) is 3.12. The number of hydrogen-bond donors (Lipinski definition) is 1. The van der Waals surface area contributed by atoms with Crippen molar-refractivity contribution in [1.82, 2.24) is 5.32 Å². The lowest BCUT2D eigenvalue weighted by Gasteiger charge is -2.25. The highest BCUT2D eigenvalue weighted by molar-refractivity contribution is 5.66. The smallest absolute Gasteiger partial charge is 0.165 e. The van der Waals surface area contributed by atoms with Crippen LogP contribution in [0.25, 0.3) is 11.1 Å². The molecule has 2 aromatic carbocycles. The first kappa shape index (κ1) is 14.1. The van der Waals surface area contributed by atoms with Crippen molar-refractivity contribution in [2.45, 2.75) is 25.3 Å². The molecule has 3 rings (SSSR count). The van der Waals surface area contributed by atoms with E-state index in [0.29, 0.717) is 6.04 Å². The van der Waals surface area contributed by atoms with Crippen LogP contribution in [0.4, 0.5) is 4.39 Å². The molecular weight excluding hydrogens is 265 g/mol. The van der Waals surface area contributed by atoms with Crippen molar-refractivity contribution in [2.75, 3.05) is 14.2 Å². The average molecular weight is 285 g/mol. The van der Waals surface area contributed by atoms with Crippen molar-refractivity contribution < 1.29 is 9.13 Å². The molecule has 1 atom stereocenters. The molecule has 21 heavy (non-hydrogen) atoms. The van der Waals surface area contributed by atoms with Gasteiger partial charge in [-0.2, -0.15) is 0 Å². The molecule has 0 aliphatic heterocycles. The van der Waals surface area contributed by atoms with Crippen molar-refractivity contribution in [3.8, 4) is 16.9 Å². The molecule has 3 heteroatoms. The number of fused-ring (bicyclic) bond motifs is 1. The third-order valence-electron chi connectivity index (χ3n) is 4.29. The van der Waals surface area contributed by atoms with E-state index in [-0.39, 0.29) is 11.6 Å². The second-order valence-electron chi connectivity index (χ2n) is 5.50. The zero-order valence-electron chi connectivity index (χ0n) is 12.4. The van der Waals surface area contributed by atoms with Gasteiger partial charge in [0.15, 0.2) is 11.6 Å². The van der Waals surface area contributed by atoms with E-state index in [0.717, 1.165) is 24.0 Å². The third kappa shape index (κ3) is 2.66. The quantitative estimate of drug-likeness (QED) is 0.916. The van der Waals surface area contributed by atoms with E-state index >= 15 is 0 Å². The maximum atomic E-state index is 13.9. The van der Waals surface area contributed by atoms with E-state index in [1.54, 1.807) is 6.07 Å². The predicted octanol–water partition coefficient (Wildman–Crippen LogP) is 4.10. The largest absolute Gasteiger partial charge is 0.494 e. The van der Waals surface area contributed by atoms with Gasteiger partial charge >= 0.3 is 0 Å². The number of methoxy groups -OCH3 is 1. The number of halogens is 1. The van der Waals surface area contributed by atoms with Crippen LogP contribution in [0.5, 0.6) is 5.75 Å². The summed E-state index contributed by atoms with van der Waals surface area (Å²) >= 11 is 0. The number of benzene rings is 2. The van der Waals surface area contributed by atoms with Crippen molar-refractivity contribution in [3.63, 3.8) is 0 Å².